The third-order valence-corrected chi connectivity index (χ3v) is 2.42. The molecule has 0 amide bonds. The molecular weight excluding hydrogens is 200 g/mol. The number of hydrogen-bond donors (Lipinski definition) is 1. The van der Waals surface area contributed by atoms with Crippen LogP contribution in [-0.2, 0) is 18.9 Å². The summed E-state index contributed by atoms with van der Waals surface area (Å²) in [6.45, 7) is 2.06. The number of aliphatic hydroxyl groups is 1. The molecule has 0 aromatic carbocycles. The Morgan fingerprint density at radius 1 is 0.933 bits per heavy atom. The summed E-state index contributed by atoms with van der Waals surface area (Å²) in [6.07, 6.45) is -1.69. The van der Waals surface area contributed by atoms with Crippen LogP contribution in [0.4, 0.5) is 0 Å². The van der Waals surface area contributed by atoms with Crippen molar-refractivity contribution in [2.24, 2.45) is 0 Å². The van der Waals surface area contributed by atoms with Gasteiger partial charge in [-0.25, -0.2) is 0 Å². The quantitative estimate of drug-likeness (QED) is 0.629. The zero-order valence-electron chi connectivity index (χ0n) is 10.1. The van der Waals surface area contributed by atoms with Gasteiger partial charge in [0.15, 0.2) is 0 Å². The summed E-state index contributed by atoms with van der Waals surface area (Å²) in [7, 11) is 6.20. The predicted molar refractivity (Wildman–Crippen MR) is 55.9 cm³/mol. The van der Waals surface area contributed by atoms with Crippen molar-refractivity contribution in [3.05, 3.63) is 0 Å². The van der Waals surface area contributed by atoms with Crippen LogP contribution in [0.25, 0.3) is 0 Å². The van der Waals surface area contributed by atoms with Crippen LogP contribution in [0, 0.1) is 0 Å². The Hall–Kier alpha value is -0.200. The molecule has 0 aromatic rings. The summed E-state index contributed by atoms with van der Waals surface area (Å²) in [4.78, 5) is 0. The van der Waals surface area contributed by atoms with Crippen LogP contribution in [-0.4, -0.2) is 64.6 Å². The maximum atomic E-state index is 9.77. The van der Waals surface area contributed by atoms with Crippen LogP contribution < -0.4 is 0 Å². The first-order valence-electron chi connectivity index (χ1n) is 4.87. The van der Waals surface area contributed by atoms with Crippen LogP contribution in [0.5, 0.6) is 0 Å². The molecule has 0 saturated carbocycles. The Bertz CT molecular complexity index is 153. The van der Waals surface area contributed by atoms with Gasteiger partial charge < -0.3 is 24.1 Å². The molecule has 0 saturated heterocycles. The minimum Gasteiger partial charge on any atom is -0.388 e. The van der Waals surface area contributed by atoms with Crippen LogP contribution >= 0.6 is 0 Å². The predicted octanol–water partition coefficient (Wildman–Crippen LogP) is 0.0586. The molecule has 5 heteroatoms. The van der Waals surface area contributed by atoms with E-state index in [1.807, 2.05) is 6.92 Å². The molecule has 0 unspecified atom stereocenters. The summed E-state index contributed by atoms with van der Waals surface area (Å²) in [6, 6.07) is 0. The maximum Gasteiger partial charge on any atom is 0.114 e. The normalized spacial score (nSPS) is 19.6. The highest BCUT2D eigenvalue weighted by Crippen LogP contribution is 2.14. The second-order valence-corrected chi connectivity index (χ2v) is 3.36. The fourth-order valence-electron chi connectivity index (χ4n) is 1.50. The van der Waals surface area contributed by atoms with Gasteiger partial charge in [0.25, 0.3) is 0 Å². The molecule has 0 spiro atoms. The van der Waals surface area contributed by atoms with Crippen molar-refractivity contribution in [2.75, 3.05) is 35.0 Å². The highest BCUT2D eigenvalue weighted by atomic mass is 16.6. The summed E-state index contributed by atoms with van der Waals surface area (Å²) in [5.74, 6) is 0. The molecule has 4 atom stereocenters. The lowest BCUT2D eigenvalue weighted by molar-refractivity contribution is -0.147. The first-order valence-corrected chi connectivity index (χ1v) is 4.87. The van der Waals surface area contributed by atoms with Gasteiger partial charge in [0.05, 0.1) is 12.7 Å². The highest BCUT2D eigenvalue weighted by Gasteiger charge is 2.32. The number of aliphatic hydroxyl groups excluding tert-OH is 1. The summed E-state index contributed by atoms with van der Waals surface area (Å²) in [5, 5.41) is 9.77. The van der Waals surface area contributed by atoms with Crippen LogP contribution in [0.3, 0.4) is 0 Å². The molecule has 1 N–H and O–H groups in total. The fourth-order valence-corrected chi connectivity index (χ4v) is 1.50. The first kappa shape index (κ1) is 14.8. The topological polar surface area (TPSA) is 57.2 Å². The van der Waals surface area contributed by atoms with Crippen molar-refractivity contribution in [1.29, 1.82) is 0 Å². The van der Waals surface area contributed by atoms with E-state index in [1.165, 1.54) is 14.2 Å². The van der Waals surface area contributed by atoms with Gasteiger partial charge in [0.1, 0.15) is 18.3 Å². The third kappa shape index (κ3) is 4.44. The molecule has 0 aliphatic heterocycles. The molecule has 0 fully saturated rings. The van der Waals surface area contributed by atoms with Gasteiger partial charge in [0, 0.05) is 28.4 Å². The Kier molecular flexibility index (Phi) is 7.90. The Morgan fingerprint density at radius 3 is 1.80 bits per heavy atom. The van der Waals surface area contributed by atoms with Crippen LogP contribution in [0.2, 0.25) is 0 Å². The summed E-state index contributed by atoms with van der Waals surface area (Å²) < 4.78 is 20.5. The molecule has 0 aromatic heterocycles. The van der Waals surface area contributed by atoms with E-state index >= 15 is 0 Å². The molecule has 0 bridgehead atoms. The van der Waals surface area contributed by atoms with Gasteiger partial charge in [-0.1, -0.05) is 0 Å². The lowest BCUT2D eigenvalue weighted by Gasteiger charge is -2.31. The number of ether oxygens (including phenoxy) is 4. The monoisotopic (exact) mass is 222 g/mol. The second kappa shape index (κ2) is 8.01. The Balaban J connectivity index is 4.44. The second-order valence-electron chi connectivity index (χ2n) is 3.36. The summed E-state index contributed by atoms with van der Waals surface area (Å²) in [5.41, 5.74) is 0. The van der Waals surface area contributed by atoms with Gasteiger partial charge >= 0.3 is 0 Å². The molecule has 0 heterocycles. The smallest absolute Gasteiger partial charge is 0.114 e. The van der Waals surface area contributed by atoms with E-state index in [2.05, 4.69) is 0 Å². The van der Waals surface area contributed by atoms with E-state index < -0.39 is 12.2 Å². The van der Waals surface area contributed by atoms with E-state index in [0.717, 1.165) is 0 Å². The summed E-state index contributed by atoms with van der Waals surface area (Å²) >= 11 is 0. The first-order chi connectivity index (χ1) is 7.12. The van der Waals surface area contributed by atoms with E-state index in [0.29, 0.717) is 0 Å². The van der Waals surface area contributed by atoms with Gasteiger partial charge in [0.2, 0.25) is 0 Å². The van der Waals surface area contributed by atoms with E-state index in [4.69, 9.17) is 18.9 Å². The Morgan fingerprint density at radius 2 is 1.47 bits per heavy atom. The molecule has 0 aliphatic carbocycles. The average Bonchev–Trinajstić information content (AvgIpc) is 2.24. The van der Waals surface area contributed by atoms with Gasteiger partial charge in [-0.3, -0.25) is 0 Å². The molecule has 0 radical (unpaired) electrons. The largest absolute Gasteiger partial charge is 0.388 e. The van der Waals surface area contributed by atoms with Crippen molar-refractivity contribution in [3.8, 4) is 0 Å². The van der Waals surface area contributed by atoms with E-state index in [-0.39, 0.29) is 18.8 Å². The van der Waals surface area contributed by atoms with Crippen LogP contribution in [0.15, 0.2) is 0 Å². The zero-order chi connectivity index (χ0) is 11.8. The zero-order valence-corrected chi connectivity index (χ0v) is 10.1. The van der Waals surface area contributed by atoms with Crippen molar-refractivity contribution in [1.82, 2.24) is 0 Å². The average molecular weight is 222 g/mol. The van der Waals surface area contributed by atoms with Crippen molar-refractivity contribution >= 4 is 0 Å². The Labute approximate surface area is 91.3 Å². The van der Waals surface area contributed by atoms with Crippen molar-refractivity contribution < 1.29 is 24.1 Å². The molecule has 15 heavy (non-hydrogen) atoms. The minimum absolute atomic E-state index is 0.161. The van der Waals surface area contributed by atoms with Gasteiger partial charge in [-0.15, -0.1) is 0 Å². The van der Waals surface area contributed by atoms with Gasteiger partial charge in [-0.2, -0.15) is 0 Å². The molecular formula is C10H22O5. The van der Waals surface area contributed by atoms with Crippen molar-refractivity contribution in [3.63, 3.8) is 0 Å². The number of rotatable bonds is 8. The number of methoxy groups -OCH3 is 4. The molecule has 0 rings (SSSR count). The third-order valence-electron chi connectivity index (χ3n) is 2.42. The fraction of sp³-hybridized carbons (Fsp3) is 1.00. The minimum atomic E-state index is -0.734. The lowest BCUT2D eigenvalue weighted by atomic mass is 10.0. The molecule has 92 valence electrons. The molecule has 5 nitrogen and oxygen atoms in total. The van der Waals surface area contributed by atoms with Crippen LogP contribution in [0.1, 0.15) is 6.92 Å². The lowest BCUT2D eigenvalue weighted by Crippen LogP contribution is -2.48. The standard InChI is InChI=1S/C10H22O5/c1-7(13-3)9(14-4)10(15-5)8(11)6-12-2/h7-11H,6H2,1-5H3/t7-,8+,9+,10+/m0/s1. The van der Waals surface area contributed by atoms with E-state index in [1.54, 1.807) is 14.2 Å². The number of hydrogen-bond acceptors (Lipinski definition) is 5. The van der Waals surface area contributed by atoms with Gasteiger partial charge in [-0.05, 0) is 6.92 Å². The molecule has 0 aliphatic rings. The SMILES string of the molecule is COC[C@@H](O)[C@@H](OC)[C@H](OC)[C@H](C)OC. The maximum absolute atomic E-state index is 9.77. The highest BCUT2D eigenvalue weighted by molar-refractivity contribution is 4.82. The van der Waals surface area contributed by atoms with Crippen molar-refractivity contribution in [2.45, 2.75) is 31.3 Å². The van der Waals surface area contributed by atoms with E-state index in [9.17, 15) is 5.11 Å².